The summed E-state index contributed by atoms with van der Waals surface area (Å²) < 4.78 is 6.58. The summed E-state index contributed by atoms with van der Waals surface area (Å²) in [6, 6.07) is 7.39. The van der Waals surface area contributed by atoms with Gasteiger partial charge in [-0.15, -0.1) is 6.58 Å². The zero-order chi connectivity index (χ0) is 25.9. The summed E-state index contributed by atoms with van der Waals surface area (Å²) in [6.07, 6.45) is 29.8. The highest BCUT2D eigenvalue weighted by atomic mass is 16.5. The van der Waals surface area contributed by atoms with Gasteiger partial charge in [0, 0.05) is 0 Å². The van der Waals surface area contributed by atoms with Crippen LogP contribution in [-0.4, -0.2) is 6.61 Å². The van der Waals surface area contributed by atoms with Crippen LogP contribution in [0.1, 0.15) is 147 Å². The third kappa shape index (κ3) is 7.67. The molecule has 0 aromatic heterocycles. The van der Waals surface area contributed by atoms with Crippen molar-refractivity contribution in [1.29, 1.82) is 0 Å². The Labute approximate surface area is 230 Å². The van der Waals surface area contributed by atoms with E-state index in [0.29, 0.717) is 5.41 Å². The molecule has 3 aliphatic rings. The van der Waals surface area contributed by atoms with Crippen LogP contribution in [0, 0.1) is 23.7 Å². The summed E-state index contributed by atoms with van der Waals surface area (Å²) >= 11 is 0. The number of rotatable bonds is 13. The van der Waals surface area contributed by atoms with Gasteiger partial charge >= 0.3 is 0 Å². The van der Waals surface area contributed by atoms with Gasteiger partial charge in [-0.3, -0.25) is 0 Å². The first-order valence-electron chi connectivity index (χ1n) is 16.6. The lowest BCUT2D eigenvalue weighted by molar-refractivity contribution is 0.124. The maximum Gasteiger partial charge on any atom is 0.122 e. The SMILES string of the molecule is C=CCc1cc(C2(C3CCC(CCC)CC3)CCCCC2)ccc1OCC1CCC(CCCCC)CC1. The summed E-state index contributed by atoms with van der Waals surface area (Å²) in [5, 5.41) is 0. The molecular formula is C36H58O. The minimum absolute atomic E-state index is 0.403. The minimum Gasteiger partial charge on any atom is -0.493 e. The van der Waals surface area contributed by atoms with Crippen molar-refractivity contribution in [1.82, 2.24) is 0 Å². The van der Waals surface area contributed by atoms with Crippen LogP contribution in [0.25, 0.3) is 0 Å². The number of hydrogen-bond donors (Lipinski definition) is 0. The summed E-state index contributed by atoms with van der Waals surface area (Å²) in [5.41, 5.74) is 3.41. The third-order valence-electron chi connectivity index (χ3n) is 10.7. The van der Waals surface area contributed by atoms with Crippen LogP contribution >= 0.6 is 0 Å². The first-order valence-corrected chi connectivity index (χ1v) is 16.6. The molecule has 37 heavy (non-hydrogen) atoms. The summed E-state index contributed by atoms with van der Waals surface area (Å²) in [5.74, 6) is 4.70. The van der Waals surface area contributed by atoms with Gasteiger partial charge in [0.15, 0.2) is 0 Å². The van der Waals surface area contributed by atoms with Gasteiger partial charge in [0.25, 0.3) is 0 Å². The van der Waals surface area contributed by atoms with Crippen LogP contribution in [0.3, 0.4) is 0 Å². The standard InChI is InChI=1S/C36H58O/c1-4-7-9-14-30-15-17-31(18-16-30)28-37-35-24-23-34(27-32(35)13-6-3)36(25-10-8-11-26-36)33-21-19-29(12-5-2)20-22-33/h6,23-24,27,29-31,33H,3-5,7-22,25-26,28H2,1-2H3. The molecule has 208 valence electrons. The summed E-state index contributed by atoms with van der Waals surface area (Å²) in [4.78, 5) is 0. The molecule has 0 heterocycles. The van der Waals surface area contributed by atoms with Gasteiger partial charge in [-0.1, -0.05) is 116 Å². The Balaban J connectivity index is 1.40. The molecule has 0 aliphatic heterocycles. The molecule has 0 atom stereocenters. The zero-order valence-electron chi connectivity index (χ0n) is 24.6. The highest BCUT2D eigenvalue weighted by Crippen LogP contribution is 2.51. The average molecular weight is 507 g/mol. The lowest BCUT2D eigenvalue weighted by Gasteiger charge is -2.47. The Morgan fingerprint density at radius 3 is 2.16 bits per heavy atom. The second-order valence-electron chi connectivity index (χ2n) is 13.2. The fraction of sp³-hybridized carbons (Fsp3) is 0.778. The summed E-state index contributed by atoms with van der Waals surface area (Å²) in [6.45, 7) is 9.68. The number of benzene rings is 1. The second-order valence-corrected chi connectivity index (χ2v) is 13.2. The van der Waals surface area contributed by atoms with E-state index in [0.717, 1.165) is 42.4 Å². The predicted molar refractivity (Wildman–Crippen MR) is 161 cm³/mol. The first-order chi connectivity index (χ1) is 18.2. The van der Waals surface area contributed by atoms with E-state index in [4.69, 9.17) is 4.74 Å². The second kappa shape index (κ2) is 14.8. The van der Waals surface area contributed by atoms with E-state index in [9.17, 15) is 0 Å². The van der Waals surface area contributed by atoms with Gasteiger partial charge in [-0.25, -0.2) is 0 Å². The highest BCUT2D eigenvalue weighted by Gasteiger charge is 2.42. The van der Waals surface area contributed by atoms with Crippen molar-refractivity contribution >= 4 is 0 Å². The van der Waals surface area contributed by atoms with Crippen LogP contribution in [0.5, 0.6) is 5.75 Å². The molecule has 0 saturated heterocycles. The van der Waals surface area contributed by atoms with Gasteiger partial charge in [0.05, 0.1) is 6.61 Å². The number of ether oxygens (including phenoxy) is 1. The van der Waals surface area contributed by atoms with Gasteiger partial charge in [0.2, 0.25) is 0 Å². The number of hydrogen-bond acceptors (Lipinski definition) is 1. The minimum atomic E-state index is 0.403. The quantitative estimate of drug-likeness (QED) is 0.191. The van der Waals surface area contributed by atoms with Crippen molar-refractivity contribution in [2.75, 3.05) is 6.61 Å². The Bertz CT molecular complexity index is 787. The molecular weight excluding hydrogens is 448 g/mol. The molecule has 0 radical (unpaired) electrons. The van der Waals surface area contributed by atoms with E-state index >= 15 is 0 Å². The van der Waals surface area contributed by atoms with Crippen LogP contribution in [-0.2, 0) is 11.8 Å². The van der Waals surface area contributed by atoms with Gasteiger partial charge in [0.1, 0.15) is 5.75 Å². The molecule has 0 unspecified atom stereocenters. The Morgan fingerprint density at radius 1 is 0.811 bits per heavy atom. The van der Waals surface area contributed by atoms with Gasteiger partial charge < -0.3 is 4.74 Å². The Morgan fingerprint density at radius 2 is 1.49 bits per heavy atom. The summed E-state index contributed by atoms with van der Waals surface area (Å²) in [7, 11) is 0. The fourth-order valence-corrected chi connectivity index (χ4v) is 8.45. The van der Waals surface area contributed by atoms with Crippen molar-refractivity contribution in [3.63, 3.8) is 0 Å². The smallest absolute Gasteiger partial charge is 0.122 e. The molecule has 3 fully saturated rings. The van der Waals surface area contributed by atoms with Crippen LogP contribution in [0.15, 0.2) is 30.9 Å². The normalized spacial score (nSPS) is 28.1. The van der Waals surface area contributed by atoms with E-state index in [1.54, 1.807) is 5.56 Å². The molecule has 0 N–H and O–H groups in total. The monoisotopic (exact) mass is 506 g/mol. The molecule has 0 spiro atoms. The lowest BCUT2D eigenvalue weighted by Crippen LogP contribution is -2.39. The maximum atomic E-state index is 6.58. The van der Waals surface area contributed by atoms with Crippen molar-refractivity contribution < 1.29 is 4.74 Å². The largest absolute Gasteiger partial charge is 0.493 e. The van der Waals surface area contributed by atoms with E-state index < -0.39 is 0 Å². The maximum absolute atomic E-state index is 6.58. The number of unbranched alkanes of at least 4 members (excludes halogenated alkanes) is 2. The van der Waals surface area contributed by atoms with E-state index in [1.165, 1.54) is 128 Å². The molecule has 1 nitrogen and oxygen atoms in total. The third-order valence-corrected chi connectivity index (χ3v) is 10.7. The lowest BCUT2D eigenvalue weighted by atomic mass is 9.57. The van der Waals surface area contributed by atoms with Crippen molar-refractivity contribution in [2.45, 2.75) is 148 Å². The van der Waals surface area contributed by atoms with Crippen molar-refractivity contribution in [3.05, 3.63) is 42.0 Å². The Kier molecular flexibility index (Phi) is 11.5. The first kappa shape index (κ1) is 28.8. The molecule has 1 aromatic rings. The number of allylic oxidation sites excluding steroid dienone is 1. The average Bonchev–Trinajstić information content (AvgIpc) is 2.94. The van der Waals surface area contributed by atoms with E-state index in [2.05, 4.69) is 44.7 Å². The van der Waals surface area contributed by atoms with Crippen LogP contribution in [0.4, 0.5) is 0 Å². The highest BCUT2D eigenvalue weighted by molar-refractivity contribution is 5.42. The van der Waals surface area contributed by atoms with Crippen LogP contribution in [0.2, 0.25) is 0 Å². The van der Waals surface area contributed by atoms with Gasteiger partial charge in [-0.2, -0.15) is 0 Å². The van der Waals surface area contributed by atoms with Crippen molar-refractivity contribution in [2.24, 2.45) is 23.7 Å². The van der Waals surface area contributed by atoms with E-state index in [1.807, 2.05) is 0 Å². The van der Waals surface area contributed by atoms with E-state index in [-0.39, 0.29) is 0 Å². The van der Waals surface area contributed by atoms with Crippen molar-refractivity contribution in [3.8, 4) is 5.75 Å². The molecule has 3 aliphatic carbocycles. The van der Waals surface area contributed by atoms with Gasteiger partial charge in [-0.05, 0) is 91.2 Å². The molecule has 1 aromatic carbocycles. The zero-order valence-corrected chi connectivity index (χ0v) is 24.6. The van der Waals surface area contributed by atoms with Crippen LogP contribution < -0.4 is 4.74 Å². The molecule has 3 saturated carbocycles. The molecule has 1 heteroatoms. The fourth-order valence-electron chi connectivity index (χ4n) is 8.45. The molecule has 4 rings (SSSR count). The topological polar surface area (TPSA) is 9.23 Å². The molecule has 0 amide bonds. The molecule has 0 bridgehead atoms. The predicted octanol–water partition coefficient (Wildman–Crippen LogP) is 11.0. The Hall–Kier alpha value is -1.24.